The van der Waals surface area contributed by atoms with Gasteiger partial charge < -0.3 is 5.73 Å². The third kappa shape index (κ3) is 2.84. The Bertz CT molecular complexity index is 304. The smallest absolute Gasteiger partial charge is 0.0592 e. The zero-order chi connectivity index (χ0) is 12.3. The van der Waals surface area contributed by atoms with Gasteiger partial charge in [0.05, 0.1) is 6.04 Å². The third-order valence-corrected chi connectivity index (χ3v) is 4.51. The van der Waals surface area contributed by atoms with E-state index in [2.05, 4.69) is 57.2 Å². The lowest BCUT2D eigenvalue weighted by Gasteiger charge is -2.42. The zero-order valence-corrected chi connectivity index (χ0v) is 11.8. The molecule has 0 aromatic carbocycles. The first-order valence-corrected chi connectivity index (χ1v) is 6.80. The van der Waals surface area contributed by atoms with Crippen molar-refractivity contribution < 1.29 is 0 Å². The second kappa shape index (κ2) is 5.30. The van der Waals surface area contributed by atoms with Gasteiger partial charge in [-0.25, -0.2) is 0 Å². The van der Waals surface area contributed by atoms with Crippen molar-refractivity contribution in [1.29, 1.82) is 0 Å². The Morgan fingerprint density at radius 1 is 1.50 bits per heavy atom. The Morgan fingerprint density at radius 2 is 2.12 bits per heavy atom. The second-order valence-electron chi connectivity index (χ2n) is 5.10. The minimum atomic E-state index is 0.148. The molecule has 0 saturated carbocycles. The summed E-state index contributed by atoms with van der Waals surface area (Å²) in [6.07, 6.45) is 1.12. The number of rotatable bonds is 5. The number of likely N-dealkylation sites (N-methyl/N-ethyl adjacent to an activating group) is 1. The van der Waals surface area contributed by atoms with Crippen LogP contribution in [0.4, 0.5) is 0 Å². The number of hydrogen-bond acceptors (Lipinski definition) is 3. The van der Waals surface area contributed by atoms with Crippen molar-refractivity contribution in [2.24, 2.45) is 5.73 Å². The van der Waals surface area contributed by atoms with Crippen LogP contribution in [0.15, 0.2) is 17.5 Å². The average Bonchev–Trinajstić information content (AvgIpc) is 2.70. The van der Waals surface area contributed by atoms with Crippen molar-refractivity contribution in [1.82, 2.24) is 4.90 Å². The lowest BCUT2D eigenvalue weighted by atomic mass is 9.95. The zero-order valence-electron chi connectivity index (χ0n) is 11.0. The first-order chi connectivity index (χ1) is 7.40. The van der Waals surface area contributed by atoms with Crippen molar-refractivity contribution >= 4 is 11.3 Å². The molecule has 2 nitrogen and oxygen atoms in total. The van der Waals surface area contributed by atoms with E-state index in [1.54, 1.807) is 11.3 Å². The molecule has 0 aliphatic carbocycles. The second-order valence-corrected chi connectivity index (χ2v) is 6.08. The van der Waals surface area contributed by atoms with Gasteiger partial charge in [-0.05, 0) is 45.7 Å². The van der Waals surface area contributed by atoms with Crippen LogP contribution in [0.5, 0.6) is 0 Å². The Hall–Kier alpha value is -0.380. The first-order valence-electron chi connectivity index (χ1n) is 5.92. The molecule has 1 aromatic heterocycles. The van der Waals surface area contributed by atoms with Gasteiger partial charge in [0.15, 0.2) is 0 Å². The van der Waals surface area contributed by atoms with Crippen molar-refractivity contribution in [2.45, 2.75) is 51.7 Å². The summed E-state index contributed by atoms with van der Waals surface area (Å²) in [5.74, 6) is 0. The molecule has 0 aliphatic rings. The van der Waals surface area contributed by atoms with E-state index in [1.165, 1.54) is 4.88 Å². The van der Waals surface area contributed by atoms with Crippen LogP contribution < -0.4 is 5.73 Å². The van der Waals surface area contributed by atoms with E-state index in [4.69, 9.17) is 5.73 Å². The third-order valence-electron chi connectivity index (χ3n) is 3.57. The molecule has 2 atom stereocenters. The number of nitrogens with two attached hydrogens (primary N) is 1. The van der Waals surface area contributed by atoms with E-state index in [0.717, 1.165) is 6.42 Å². The molecule has 0 fully saturated rings. The molecular weight excluding hydrogens is 216 g/mol. The fourth-order valence-electron chi connectivity index (χ4n) is 1.89. The molecule has 3 heteroatoms. The summed E-state index contributed by atoms with van der Waals surface area (Å²) in [6, 6.07) is 4.74. The van der Waals surface area contributed by atoms with Gasteiger partial charge in [0.2, 0.25) is 0 Å². The molecule has 0 saturated heterocycles. The molecule has 92 valence electrons. The first kappa shape index (κ1) is 13.7. The predicted octanol–water partition coefficient (Wildman–Crippen LogP) is 3.26. The van der Waals surface area contributed by atoms with E-state index in [0.29, 0.717) is 6.04 Å². The lowest BCUT2D eigenvalue weighted by molar-refractivity contribution is 0.0866. The predicted molar refractivity (Wildman–Crippen MR) is 72.8 cm³/mol. The van der Waals surface area contributed by atoms with Gasteiger partial charge in [-0.15, -0.1) is 11.3 Å². The maximum atomic E-state index is 6.15. The molecule has 0 amide bonds. The molecular formula is C13H24N2S. The highest BCUT2D eigenvalue weighted by Crippen LogP contribution is 2.32. The van der Waals surface area contributed by atoms with Gasteiger partial charge in [-0.2, -0.15) is 0 Å². The quantitative estimate of drug-likeness (QED) is 0.856. The molecule has 0 radical (unpaired) electrons. The molecule has 1 heterocycles. The standard InChI is InChI=1S/C13H24N2S/c1-6-13(3,4)15(5)12(10(2)14)11-8-7-9-16-11/h7-10,12H,6,14H2,1-5H3. The van der Waals surface area contributed by atoms with Crippen molar-refractivity contribution in [3.05, 3.63) is 22.4 Å². The summed E-state index contributed by atoms with van der Waals surface area (Å²) in [4.78, 5) is 3.77. The Morgan fingerprint density at radius 3 is 2.50 bits per heavy atom. The summed E-state index contributed by atoms with van der Waals surface area (Å²) >= 11 is 1.79. The van der Waals surface area contributed by atoms with E-state index < -0.39 is 0 Å². The van der Waals surface area contributed by atoms with E-state index in [1.807, 2.05) is 0 Å². The number of thiophene rings is 1. The van der Waals surface area contributed by atoms with Crippen molar-refractivity contribution in [3.63, 3.8) is 0 Å². The van der Waals surface area contributed by atoms with E-state index in [-0.39, 0.29) is 11.6 Å². The van der Waals surface area contributed by atoms with E-state index in [9.17, 15) is 0 Å². The van der Waals surface area contributed by atoms with Crippen molar-refractivity contribution in [2.75, 3.05) is 7.05 Å². The summed E-state index contributed by atoms with van der Waals surface area (Å²) in [6.45, 7) is 8.86. The molecule has 0 aliphatic heterocycles. The van der Waals surface area contributed by atoms with Crippen molar-refractivity contribution in [3.8, 4) is 0 Å². The molecule has 0 bridgehead atoms. The minimum Gasteiger partial charge on any atom is -0.326 e. The highest BCUT2D eigenvalue weighted by atomic mass is 32.1. The van der Waals surface area contributed by atoms with Crippen LogP contribution in [0.1, 0.15) is 45.0 Å². The summed E-state index contributed by atoms with van der Waals surface area (Å²) in [7, 11) is 2.18. The normalized spacial score (nSPS) is 16.4. The summed E-state index contributed by atoms with van der Waals surface area (Å²) in [5.41, 5.74) is 6.33. The topological polar surface area (TPSA) is 29.3 Å². The molecule has 2 N–H and O–H groups in total. The van der Waals surface area contributed by atoms with E-state index >= 15 is 0 Å². The fraction of sp³-hybridized carbons (Fsp3) is 0.692. The Labute approximate surface area is 103 Å². The van der Waals surface area contributed by atoms with Gasteiger partial charge in [0.1, 0.15) is 0 Å². The molecule has 1 rings (SSSR count). The van der Waals surface area contributed by atoms with Crippen LogP contribution in [0.2, 0.25) is 0 Å². The molecule has 1 aromatic rings. The monoisotopic (exact) mass is 240 g/mol. The fourth-order valence-corrected chi connectivity index (χ4v) is 2.87. The lowest BCUT2D eigenvalue weighted by Crippen LogP contribution is -2.47. The van der Waals surface area contributed by atoms with Gasteiger partial charge >= 0.3 is 0 Å². The van der Waals surface area contributed by atoms with Gasteiger partial charge in [-0.3, -0.25) is 4.90 Å². The van der Waals surface area contributed by atoms with Crippen LogP contribution in [-0.4, -0.2) is 23.5 Å². The average molecular weight is 240 g/mol. The Kier molecular flexibility index (Phi) is 4.53. The van der Waals surface area contributed by atoms with Crippen LogP contribution in [0.3, 0.4) is 0 Å². The maximum Gasteiger partial charge on any atom is 0.0592 e. The van der Waals surface area contributed by atoms with Crippen LogP contribution >= 0.6 is 11.3 Å². The summed E-state index contributed by atoms with van der Waals surface area (Å²) in [5, 5.41) is 2.12. The molecule has 16 heavy (non-hydrogen) atoms. The molecule has 0 spiro atoms. The number of hydrogen-bond donors (Lipinski definition) is 1. The van der Waals surface area contributed by atoms with Gasteiger partial charge in [0.25, 0.3) is 0 Å². The Balaban J connectivity index is 2.96. The molecule has 2 unspecified atom stereocenters. The van der Waals surface area contributed by atoms with Crippen LogP contribution in [0, 0.1) is 0 Å². The number of nitrogens with zero attached hydrogens (tertiary/aromatic N) is 1. The van der Waals surface area contributed by atoms with Gasteiger partial charge in [-0.1, -0.05) is 13.0 Å². The maximum absolute atomic E-state index is 6.15. The summed E-state index contributed by atoms with van der Waals surface area (Å²) < 4.78 is 0. The minimum absolute atomic E-state index is 0.148. The highest BCUT2D eigenvalue weighted by Gasteiger charge is 2.31. The highest BCUT2D eigenvalue weighted by molar-refractivity contribution is 7.10. The van der Waals surface area contributed by atoms with Crippen LogP contribution in [0.25, 0.3) is 0 Å². The van der Waals surface area contributed by atoms with Gasteiger partial charge in [0, 0.05) is 16.5 Å². The largest absolute Gasteiger partial charge is 0.326 e. The SMILES string of the molecule is CCC(C)(C)N(C)C(c1cccs1)C(C)N. The van der Waals surface area contributed by atoms with Crippen LogP contribution in [-0.2, 0) is 0 Å².